The van der Waals surface area contributed by atoms with Crippen LogP contribution < -0.4 is 5.73 Å². The van der Waals surface area contributed by atoms with Crippen LogP contribution in [0.1, 0.15) is 58.3 Å². The number of aliphatic hydroxyl groups is 10. The van der Waals surface area contributed by atoms with Gasteiger partial charge in [-0.3, -0.25) is 0 Å². The van der Waals surface area contributed by atoms with Gasteiger partial charge in [0.15, 0.2) is 18.9 Å². The summed E-state index contributed by atoms with van der Waals surface area (Å²) >= 11 is 0. The van der Waals surface area contributed by atoms with Gasteiger partial charge in [0.05, 0.1) is 32.5 Å². The Kier molecular flexibility index (Phi) is 14.6. The van der Waals surface area contributed by atoms with Gasteiger partial charge in [-0.05, 0) is 6.42 Å². The van der Waals surface area contributed by atoms with Crippen molar-refractivity contribution >= 4 is 0 Å². The fourth-order valence-electron chi connectivity index (χ4n) is 8.31. The third kappa shape index (κ3) is 8.36. The lowest BCUT2D eigenvalue weighted by molar-refractivity contribution is -0.404. The number of nitrogens with two attached hydrogens (primary N) is 1. The summed E-state index contributed by atoms with van der Waals surface area (Å²) in [5.74, 6) is -2.18. The van der Waals surface area contributed by atoms with Crippen LogP contribution in [0.2, 0.25) is 0 Å². The first-order valence-electron chi connectivity index (χ1n) is 19.1. The zero-order chi connectivity index (χ0) is 38.9. The second-order valence-corrected chi connectivity index (χ2v) is 15.2. The van der Waals surface area contributed by atoms with Crippen molar-refractivity contribution in [3.8, 4) is 0 Å². The van der Waals surface area contributed by atoms with Gasteiger partial charge in [0.25, 0.3) is 0 Å². The number of ether oxygens (including phenoxy) is 9. The van der Waals surface area contributed by atoms with E-state index in [-0.39, 0.29) is 19.6 Å². The number of aliphatic hydroxyl groups excluding tert-OH is 10. The van der Waals surface area contributed by atoms with E-state index in [0.717, 1.165) is 38.5 Å². The smallest absolute Gasteiger partial charge is 0.213 e. The molecule has 0 aliphatic carbocycles. The van der Waals surface area contributed by atoms with Crippen molar-refractivity contribution in [1.82, 2.24) is 0 Å². The molecule has 6 saturated heterocycles. The van der Waals surface area contributed by atoms with Crippen molar-refractivity contribution in [2.75, 3.05) is 26.4 Å². The molecule has 54 heavy (non-hydrogen) atoms. The maximum Gasteiger partial charge on any atom is 0.213 e. The van der Waals surface area contributed by atoms with Crippen molar-refractivity contribution in [3.63, 3.8) is 0 Å². The minimum Gasteiger partial charge on any atom is -0.394 e. The summed E-state index contributed by atoms with van der Waals surface area (Å²) in [5.41, 5.74) is 6.65. The molecular weight excluding hydrogens is 726 g/mol. The van der Waals surface area contributed by atoms with E-state index in [4.69, 9.17) is 48.4 Å². The Labute approximate surface area is 312 Å². The van der Waals surface area contributed by atoms with Crippen LogP contribution in [0.3, 0.4) is 0 Å². The van der Waals surface area contributed by atoms with E-state index in [1.807, 2.05) is 0 Å². The predicted molar refractivity (Wildman–Crippen MR) is 177 cm³/mol. The standard InChI is InChI=1S/C34H59NO19/c1-2-3-4-5-6-7-8-9-18(35)34(30(44)21(40)19(38)15(11-37)53-34)54-26-17-13-47-29(26)24(43)33(50-17)52-27-20(39)14(10-36)49-32(23(27)42)51-25-16-12-46-28(25)22(41)31(45)48-16/h14-33,36-45H,2-13,35H2,1H3/t14-,15-,16+,17+,18?,19+,20-,21+,22+,23-,24+,25+,26+,27+,28+,29+,30-,31-,32+,33+,34+/m1/s1. The van der Waals surface area contributed by atoms with Gasteiger partial charge >= 0.3 is 0 Å². The summed E-state index contributed by atoms with van der Waals surface area (Å²) in [5, 5.41) is 107. The minimum atomic E-state index is -2.18. The molecule has 0 aromatic carbocycles. The number of rotatable bonds is 17. The third-order valence-corrected chi connectivity index (χ3v) is 11.5. The van der Waals surface area contributed by atoms with Crippen LogP contribution in [0.15, 0.2) is 0 Å². The van der Waals surface area contributed by atoms with Crippen LogP contribution in [0.5, 0.6) is 0 Å². The summed E-state index contributed by atoms with van der Waals surface area (Å²) in [7, 11) is 0. The Morgan fingerprint density at radius 2 is 1.22 bits per heavy atom. The predicted octanol–water partition coefficient (Wildman–Crippen LogP) is -4.82. The molecule has 0 amide bonds. The van der Waals surface area contributed by atoms with Crippen molar-refractivity contribution in [3.05, 3.63) is 0 Å². The summed E-state index contributed by atoms with van der Waals surface area (Å²) in [4.78, 5) is 0. The van der Waals surface area contributed by atoms with E-state index < -0.39 is 142 Å². The molecule has 6 heterocycles. The Morgan fingerprint density at radius 3 is 1.89 bits per heavy atom. The van der Waals surface area contributed by atoms with Crippen LogP contribution >= 0.6 is 0 Å². The Morgan fingerprint density at radius 1 is 0.630 bits per heavy atom. The van der Waals surface area contributed by atoms with Gasteiger partial charge in [-0.25, -0.2) is 0 Å². The molecule has 314 valence electrons. The van der Waals surface area contributed by atoms with Gasteiger partial charge < -0.3 is 99.4 Å². The van der Waals surface area contributed by atoms with Crippen LogP contribution in [0.4, 0.5) is 0 Å². The maximum atomic E-state index is 11.5. The van der Waals surface area contributed by atoms with Crippen LogP contribution in [0, 0.1) is 0 Å². The number of fused-ring (bicyclic) bond motifs is 4. The molecule has 0 radical (unpaired) electrons. The Hall–Kier alpha value is -0.800. The first kappa shape index (κ1) is 42.8. The highest BCUT2D eigenvalue weighted by atomic mass is 16.8. The first-order chi connectivity index (χ1) is 25.9. The van der Waals surface area contributed by atoms with Gasteiger partial charge in [-0.1, -0.05) is 51.9 Å². The third-order valence-electron chi connectivity index (χ3n) is 11.5. The van der Waals surface area contributed by atoms with Gasteiger partial charge in [0.2, 0.25) is 5.79 Å². The average Bonchev–Trinajstić information content (AvgIpc) is 3.65. The molecule has 20 heteroatoms. The summed E-state index contributed by atoms with van der Waals surface area (Å²) in [6.07, 6.45) is -20.0. The molecule has 20 nitrogen and oxygen atoms in total. The molecule has 6 rings (SSSR count). The summed E-state index contributed by atoms with van der Waals surface area (Å²) in [6.45, 7) is 0.497. The zero-order valence-electron chi connectivity index (χ0n) is 30.3. The molecule has 12 N–H and O–H groups in total. The Balaban J connectivity index is 1.14. The second kappa shape index (κ2) is 18.4. The summed E-state index contributed by atoms with van der Waals surface area (Å²) < 4.78 is 52.6. The molecule has 6 fully saturated rings. The number of hydrogen-bond donors (Lipinski definition) is 11. The van der Waals surface area contributed by atoms with E-state index in [0.29, 0.717) is 6.42 Å². The molecule has 6 aliphatic rings. The van der Waals surface area contributed by atoms with Gasteiger partial charge in [-0.2, -0.15) is 0 Å². The molecule has 0 aromatic rings. The SMILES string of the molecule is CCCCCCCCCC(N)[C@@]1(O[C@@H]2[C@H]3OC[C@@H]2O[C@@H](O[C@@H]2[C@@H](O)[C@H](O[C@@H]4[C@H]5OC[C@@H]4O[C@@H](O)[C@H]5O)O[C@H](CO)[C@H]2O)[C@H]3O)O[C@H](CO)[C@H](O)[C@H](O)[C@H]1O. The van der Waals surface area contributed by atoms with E-state index in [1.165, 1.54) is 0 Å². The molecule has 4 bridgehead atoms. The zero-order valence-corrected chi connectivity index (χ0v) is 30.3. The lowest BCUT2D eigenvalue weighted by atomic mass is 9.85. The monoisotopic (exact) mass is 785 g/mol. The van der Waals surface area contributed by atoms with Crippen LogP contribution in [-0.4, -0.2) is 206 Å². The number of unbranched alkanes of at least 4 members (excludes halogenated alkanes) is 6. The molecule has 21 atom stereocenters. The highest BCUT2D eigenvalue weighted by Gasteiger charge is 2.63. The molecular formula is C34H59NO19. The van der Waals surface area contributed by atoms with Crippen molar-refractivity contribution in [1.29, 1.82) is 0 Å². The molecule has 6 aliphatic heterocycles. The molecule has 0 saturated carbocycles. The van der Waals surface area contributed by atoms with Crippen molar-refractivity contribution in [2.24, 2.45) is 5.73 Å². The molecule has 0 spiro atoms. The highest BCUT2D eigenvalue weighted by molar-refractivity contribution is 5.06. The fraction of sp³-hybridized carbons (Fsp3) is 1.00. The minimum absolute atomic E-state index is 0.0278. The van der Waals surface area contributed by atoms with E-state index in [2.05, 4.69) is 6.92 Å². The quantitative estimate of drug-likeness (QED) is 0.0617. The van der Waals surface area contributed by atoms with Crippen LogP contribution in [0.25, 0.3) is 0 Å². The highest BCUT2D eigenvalue weighted by Crippen LogP contribution is 2.42. The van der Waals surface area contributed by atoms with Gasteiger partial charge in [-0.15, -0.1) is 0 Å². The Bertz CT molecular complexity index is 1180. The fourth-order valence-corrected chi connectivity index (χ4v) is 8.31. The van der Waals surface area contributed by atoms with E-state index in [9.17, 15) is 51.1 Å². The normalized spacial score (nSPS) is 49.7. The van der Waals surface area contributed by atoms with Crippen molar-refractivity contribution < 1.29 is 93.7 Å². The maximum absolute atomic E-state index is 11.5. The summed E-state index contributed by atoms with van der Waals surface area (Å²) in [6, 6.07) is -1.08. The lowest BCUT2D eigenvalue weighted by Crippen LogP contribution is -2.74. The van der Waals surface area contributed by atoms with Crippen molar-refractivity contribution in [2.45, 2.75) is 187 Å². The van der Waals surface area contributed by atoms with E-state index >= 15 is 0 Å². The van der Waals surface area contributed by atoms with E-state index in [1.54, 1.807) is 0 Å². The van der Waals surface area contributed by atoms with Gasteiger partial charge in [0, 0.05) is 0 Å². The van der Waals surface area contributed by atoms with Gasteiger partial charge in [0.1, 0.15) is 97.7 Å². The second-order valence-electron chi connectivity index (χ2n) is 15.2. The number of hydrogen-bond acceptors (Lipinski definition) is 20. The largest absolute Gasteiger partial charge is 0.394 e. The molecule has 0 aromatic heterocycles. The first-order valence-corrected chi connectivity index (χ1v) is 19.1. The van der Waals surface area contributed by atoms with Crippen LogP contribution in [-0.2, 0) is 42.6 Å². The average molecular weight is 786 g/mol. The molecule has 1 unspecified atom stereocenters. The lowest BCUT2D eigenvalue weighted by Gasteiger charge is -2.53. The topological polar surface area (TPSA) is 311 Å².